The number of nitrogens with two attached hydrogens (primary N) is 1. The van der Waals surface area contributed by atoms with Gasteiger partial charge in [-0.15, -0.1) is 0 Å². The van der Waals surface area contributed by atoms with Gasteiger partial charge in [0.05, 0.1) is 0 Å². The maximum Gasteiger partial charge on any atom is 0.137 e. The summed E-state index contributed by atoms with van der Waals surface area (Å²) in [6.07, 6.45) is 1.77. The molecule has 2 N–H and O–H groups in total. The van der Waals surface area contributed by atoms with E-state index in [-0.39, 0.29) is 18.4 Å². The Hall–Kier alpha value is -1.35. The summed E-state index contributed by atoms with van der Waals surface area (Å²) in [5.41, 5.74) is 6.49. The molecule has 0 amide bonds. The Kier molecular flexibility index (Phi) is 4.99. The molecule has 0 spiro atoms. The zero-order valence-corrected chi connectivity index (χ0v) is 9.90. The van der Waals surface area contributed by atoms with E-state index in [9.17, 15) is 4.79 Å². The van der Waals surface area contributed by atoms with Gasteiger partial charge < -0.3 is 4.74 Å². The van der Waals surface area contributed by atoms with Gasteiger partial charge in [-0.25, -0.2) is 0 Å². The van der Waals surface area contributed by atoms with E-state index in [0.717, 1.165) is 18.6 Å². The topological polar surface area (TPSA) is 52.3 Å². The molecule has 3 nitrogen and oxygen atoms in total. The fourth-order valence-electron chi connectivity index (χ4n) is 1.47. The maximum atomic E-state index is 11.1. The summed E-state index contributed by atoms with van der Waals surface area (Å²) in [4.78, 5) is 11.1. The van der Waals surface area contributed by atoms with Crippen molar-refractivity contribution in [2.75, 3.05) is 6.73 Å². The van der Waals surface area contributed by atoms with E-state index in [1.807, 2.05) is 31.2 Å². The summed E-state index contributed by atoms with van der Waals surface area (Å²) in [5, 5.41) is 0. The predicted molar refractivity (Wildman–Crippen MR) is 64.3 cm³/mol. The molecule has 1 atom stereocenters. The minimum absolute atomic E-state index is 0.124. The third kappa shape index (κ3) is 4.03. The molecule has 0 aliphatic heterocycles. The van der Waals surface area contributed by atoms with Crippen molar-refractivity contribution in [3.8, 4) is 5.75 Å². The molecule has 0 fully saturated rings. The number of aryl methyl sites for hydroxylation is 1. The van der Waals surface area contributed by atoms with Crippen LogP contribution in [0, 0.1) is 5.92 Å². The van der Waals surface area contributed by atoms with E-state index in [2.05, 4.69) is 0 Å². The van der Waals surface area contributed by atoms with Crippen LogP contribution < -0.4 is 10.5 Å². The average Bonchev–Trinajstić information content (AvgIpc) is 2.26. The van der Waals surface area contributed by atoms with Crippen molar-refractivity contribution < 1.29 is 9.53 Å². The molecule has 0 aliphatic rings. The van der Waals surface area contributed by atoms with Crippen LogP contribution in [0.25, 0.3) is 0 Å². The van der Waals surface area contributed by atoms with Crippen LogP contribution >= 0.6 is 0 Å². The van der Waals surface area contributed by atoms with Gasteiger partial charge in [-0.1, -0.05) is 19.1 Å². The van der Waals surface area contributed by atoms with Crippen LogP contribution in [-0.4, -0.2) is 12.5 Å². The van der Waals surface area contributed by atoms with Gasteiger partial charge in [0.2, 0.25) is 0 Å². The standard InChI is InChI=1S/C13H19NO2/c1-10(11(2)15)6-7-12-4-3-5-13(8-12)16-9-14/h3-5,8,10H,6-7,9,14H2,1-2H3. The minimum Gasteiger partial charge on any atom is -0.479 e. The van der Waals surface area contributed by atoms with Crippen LogP contribution in [0.3, 0.4) is 0 Å². The number of ether oxygens (including phenoxy) is 1. The first-order valence-corrected chi connectivity index (χ1v) is 5.55. The van der Waals surface area contributed by atoms with Gasteiger partial charge in [0, 0.05) is 5.92 Å². The molecule has 1 aromatic rings. The van der Waals surface area contributed by atoms with Crippen molar-refractivity contribution in [1.29, 1.82) is 0 Å². The number of Topliss-reactive ketones (excluding diaryl/α,β-unsaturated/α-hetero) is 1. The molecule has 0 radical (unpaired) electrons. The third-order valence-corrected chi connectivity index (χ3v) is 2.71. The molecule has 0 heterocycles. The molecule has 88 valence electrons. The number of rotatable bonds is 6. The first-order chi connectivity index (χ1) is 7.63. The lowest BCUT2D eigenvalue weighted by Gasteiger charge is -2.08. The third-order valence-electron chi connectivity index (χ3n) is 2.71. The minimum atomic E-state index is 0.124. The Morgan fingerprint density at radius 2 is 2.25 bits per heavy atom. The van der Waals surface area contributed by atoms with Gasteiger partial charge in [-0.3, -0.25) is 10.5 Å². The number of hydrogen-bond donors (Lipinski definition) is 1. The first-order valence-electron chi connectivity index (χ1n) is 5.55. The highest BCUT2D eigenvalue weighted by atomic mass is 16.5. The van der Waals surface area contributed by atoms with Crippen molar-refractivity contribution in [2.45, 2.75) is 26.7 Å². The number of carbonyl (C=O) groups excluding carboxylic acids is 1. The second-order valence-corrected chi connectivity index (χ2v) is 4.01. The highest BCUT2D eigenvalue weighted by molar-refractivity contribution is 5.77. The van der Waals surface area contributed by atoms with Crippen LogP contribution in [0.1, 0.15) is 25.8 Å². The number of ketones is 1. The molecule has 0 saturated carbocycles. The monoisotopic (exact) mass is 221 g/mol. The van der Waals surface area contributed by atoms with Crippen molar-refractivity contribution in [3.05, 3.63) is 29.8 Å². The van der Waals surface area contributed by atoms with Crippen molar-refractivity contribution >= 4 is 5.78 Å². The van der Waals surface area contributed by atoms with Crippen LogP contribution in [0.2, 0.25) is 0 Å². The summed E-state index contributed by atoms with van der Waals surface area (Å²) < 4.78 is 5.21. The summed E-state index contributed by atoms with van der Waals surface area (Å²) in [6, 6.07) is 7.83. The highest BCUT2D eigenvalue weighted by Gasteiger charge is 2.07. The summed E-state index contributed by atoms with van der Waals surface area (Å²) in [7, 11) is 0. The van der Waals surface area contributed by atoms with Crippen LogP contribution in [0.15, 0.2) is 24.3 Å². The molecule has 3 heteroatoms. The molecular formula is C13H19NO2. The number of hydrogen-bond acceptors (Lipinski definition) is 3. The maximum absolute atomic E-state index is 11.1. The molecule has 1 rings (SSSR count). The van der Waals surface area contributed by atoms with E-state index in [4.69, 9.17) is 10.5 Å². The Morgan fingerprint density at radius 1 is 1.50 bits per heavy atom. The van der Waals surface area contributed by atoms with E-state index < -0.39 is 0 Å². The lowest BCUT2D eigenvalue weighted by atomic mass is 9.98. The molecular weight excluding hydrogens is 202 g/mol. The van der Waals surface area contributed by atoms with E-state index in [0.29, 0.717) is 0 Å². The molecule has 1 aromatic carbocycles. The second-order valence-electron chi connectivity index (χ2n) is 4.01. The smallest absolute Gasteiger partial charge is 0.137 e. The van der Waals surface area contributed by atoms with Gasteiger partial charge in [-0.05, 0) is 37.5 Å². The Morgan fingerprint density at radius 3 is 2.88 bits per heavy atom. The molecule has 16 heavy (non-hydrogen) atoms. The number of benzene rings is 1. The van der Waals surface area contributed by atoms with Gasteiger partial charge >= 0.3 is 0 Å². The first kappa shape index (κ1) is 12.7. The average molecular weight is 221 g/mol. The molecule has 0 aromatic heterocycles. The Labute approximate surface area is 96.6 Å². The summed E-state index contributed by atoms with van der Waals surface area (Å²) in [6.45, 7) is 3.79. The molecule has 0 aliphatic carbocycles. The van der Waals surface area contributed by atoms with Gasteiger partial charge in [0.15, 0.2) is 0 Å². The van der Waals surface area contributed by atoms with Crippen molar-refractivity contribution in [2.24, 2.45) is 11.7 Å². The second kappa shape index (κ2) is 6.28. The largest absolute Gasteiger partial charge is 0.479 e. The quantitative estimate of drug-likeness (QED) is 0.749. The predicted octanol–water partition coefficient (Wildman–Crippen LogP) is 2.14. The highest BCUT2D eigenvalue weighted by Crippen LogP contribution is 2.16. The summed E-state index contributed by atoms with van der Waals surface area (Å²) in [5.74, 6) is 1.16. The summed E-state index contributed by atoms with van der Waals surface area (Å²) >= 11 is 0. The molecule has 0 bridgehead atoms. The van der Waals surface area contributed by atoms with Crippen LogP contribution in [0.4, 0.5) is 0 Å². The van der Waals surface area contributed by atoms with E-state index in [1.165, 1.54) is 5.56 Å². The molecule has 1 unspecified atom stereocenters. The SMILES string of the molecule is CC(=O)C(C)CCc1cccc(OCN)c1. The molecule has 0 saturated heterocycles. The zero-order valence-electron chi connectivity index (χ0n) is 9.90. The van der Waals surface area contributed by atoms with Gasteiger partial charge in [0.1, 0.15) is 18.3 Å². The van der Waals surface area contributed by atoms with E-state index in [1.54, 1.807) is 6.92 Å². The zero-order chi connectivity index (χ0) is 12.0. The number of carbonyl (C=O) groups is 1. The van der Waals surface area contributed by atoms with Crippen LogP contribution in [-0.2, 0) is 11.2 Å². The van der Waals surface area contributed by atoms with Gasteiger partial charge in [0.25, 0.3) is 0 Å². The van der Waals surface area contributed by atoms with Crippen LogP contribution in [0.5, 0.6) is 5.75 Å². The van der Waals surface area contributed by atoms with Crippen molar-refractivity contribution in [3.63, 3.8) is 0 Å². The van der Waals surface area contributed by atoms with E-state index >= 15 is 0 Å². The fraction of sp³-hybridized carbons (Fsp3) is 0.462. The Balaban J connectivity index is 2.53. The lowest BCUT2D eigenvalue weighted by Crippen LogP contribution is -2.08. The fourth-order valence-corrected chi connectivity index (χ4v) is 1.47. The Bertz CT molecular complexity index is 350. The normalized spacial score (nSPS) is 12.2. The van der Waals surface area contributed by atoms with Crippen molar-refractivity contribution in [1.82, 2.24) is 0 Å². The van der Waals surface area contributed by atoms with Gasteiger partial charge in [-0.2, -0.15) is 0 Å². The lowest BCUT2D eigenvalue weighted by molar-refractivity contribution is -0.120.